The topological polar surface area (TPSA) is 30.5 Å². The largest absolute Gasteiger partial charge is 0.488 e. The summed E-state index contributed by atoms with van der Waals surface area (Å²) in [7, 11) is 0. The summed E-state index contributed by atoms with van der Waals surface area (Å²) in [5, 5.41) is 0. The van der Waals surface area contributed by atoms with Crippen LogP contribution in [0.4, 0.5) is 13.2 Å². The van der Waals surface area contributed by atoms with Crippen molar-refractivity contribution in [1.29, 1.82) is 0 Å². The van der Waals surface area contributed by atoms with Gasteiger partial charge in [0, 0.05) is 6.42 Å². The maximum atomic E-state index is 11.8. The first-order valence-electron chi connectivity index (χ1n) is 5.20. The molecule has 0 saturated heterocycles. The van der Waals surface area contributed by atoms with Crippen LogP contribution in [0.15, 0.2) is 24.3 Å². The molecule has 2 rings (SSSR count). The molecule has 94 valence electrons. The normalized spacial score (nSPS) is 18.9. The van der Waals surface area contributed by atoms with Gasteiger partial charge in [0.15, 0.2) is 6.61 Å². The first-order valence-corrected chi connectivity index (χ1v) is 5.20. The van der Waals surface area contributed by atoms with Crippen molar-refractivity contribution in [3.05, 3.63) is 29.8 Å². The maximum absolute atomic E-state index is 11.8. The lowest BCUT2D eigenvalue weighted by Gasteiger charge is -2.12. The standard InChI is InChI=1S/C11H12F3NO2/c12-11(13,14)7-16-15-6-9-5-8-3-1-2-4-10(8)17-9/h1-4,9,15H,5-7H2. The maximum Gasteiger partial charge on any atom is 0.413 e. The molecule has 6 heteroatoms. The van der Waals surface area contributed by atoms with Gasteiger partial charge < -0.3 is 4.74 Å². The minimum atomic E-state index is -4.31. The Morgan fingerprint density at radius 1 is 1.35 bits per heavy atom. The SMILES string of the molecule is FC(F)(F)CONCC1Cc2ccccc2O1. The minimum absolute atomic E-state index is 0.180. The second kappa shape index (κ2) is 4.93. The highest BCUT2D eigenvalue weighted by Crippen LogP contribution is 2.27. The predicted molar refractivity (Wildman–Crippen MR) is 54.6 cm³/mol. The molecule has 1 unspecified atom stereocenters. The van der Waals surface area contributed by atoms with E-state index in [4.69, 9.17) is 4.74 Å². The summed E-state index contributed by atoms with van der Waals surface area (Å²) in [5.74, 6) is 0.787. The van der Waals surface area contributed by atoms with Gasteiger partial charge in [0.1, 0.15) is 11.9 Å². The summed E-state index contributed by atoms with van der Waals surface area (Å²) in [6, 6.07) is 7.53. The third-order valence-electron chi connectivity index (χ3n) is 2.36. The van der Waals surface area contributed by atoms with Gasteiger partial charge in [-0.15, -0.1) is 0 Å². The van der Waals surface area contributed by atoms with Gasteiger partial charge in [-0.25, -0.2) is 0 Å². The molecule has 17 heavy (non-hydrogen) atoms. The van der Waals surface area contributed by atoms with Crippen LogP contribution in [0.25, 0.3) is 0 Å². The Morgan fingerprint density at radius 3 is 2.82 bits per heavy atom. The molecule has 1 aliphatic rings. The number of alkyl halides is 3. The Kier molecular flexibility index (Phi) is 3.54. The van der Waals surface area contributed by atoms with Crippen LogP contribution in [0.5, 0.6) is 5.75 Å². The Morgan fingerprint density at radius 2 is 2.12 bits per heavy atom. The molecule has 0 amide bonds. The molecule has 0 fully saturated rings. The summed E-state index contributed by atoms with van der Waals surface area (Å²) in [6.07, 6.45) is -3.81. The van der Waals surface area contributed by atoms with Gasteiger partial charge >= 0.3 is 6.18 Å². The first-order chi connectivity index (χ1) is 8.04. The smallest absolute Gasteiger partial charge is 0.413 e. The van der Waals surface area contributed by atoms with E-state index in [0.29, 0.717) is 6.42 Å². The fourth-order valence-electron chi connectivity index (χ4n) is 1.65. The Balaban J connectivity index is 1.70. The van der Waals surface area contributed by atoms with Crippen molar-refractivity contribution in [1.82, 2.24) is 5.48 Å². The van der Waals surface area contributed by atoms with Gasteiger partial charge in [0.2, 0.25) is 0 Å². The molecule has 1 aliphatic heterocycles. The molecule has 1 N–H and O–H groups in total. The highest BCUT2D eigenvalue weighted by molar-refractivity contribution is 5.37. The molecule has 0 aliphatic carbocycles. The van der Waals surface area contributed by atoms with Crippen molar-refractivity contribution in [2.24, 2.45) is 0 Å². The number of rotatable bonds is 4. The zero-order valence-electron chi connectivity index (χ0n) is 8.96. The summed E-state index contributed by atoms with van der Waals surface area (Å²) >= 11 is 0. The second-order valence-electron chi connectivity index (χ2n) is 3.80. The van der Waals surface area contributed by atoms with Crippen LogP contribution in [-0.4, -0.2) is 25.4 Å². The highest BCUT2D eigenvalue weighted by Gasteiger charge is 2.28. The molecule has 0 radical (unpaired) electrons. The third kappa shape index (κ3) is 3.61. The predicted octanol–water partition coefficient (Wildman–Crippen LogP) is 2.07. The highest BCUT2D eigenvalue weighted by atomic mass is 19.4. The minimum Gasteiger partial charge on any atom is -0.488 e. The van der Waals surface area contributed by atoms with Crippen molar-refractivity contribution >= 4 is 0 Å². The van der Waals surface area contributed by atoms with E-state index in [-0.39, 0.29) is 12.6 Å². The molecule has 0 aromatic heterocycles. The zero-order valence-corrected chi connectivity index (χ0v) is 8.96. The van der Waals surface area contributed by atoms with Crippen molar-refractivity contribution in [3.8, 4) is 5.75 Å². The Bertz CT molecular complexity index is 356. The van der Waals surface area contributed by atoms with Crippen LogP contribution < -0.4 is 10.2 Å². The molecular weight excluding hydrogens is 235 g/mol. The van der Waals surface area contributed by atoms with Gasteiger partial charge in [-0.1, -0.05) is 18.2 Å². The van der Waals surface area contributed by atoms with Crippen LogP contribution in [0.1, 0.15) is 5.56 Å². The van der Waals surface area contributed by atoms with Gasteiger partial charge in [0.25, 0.3) is 0 Å². The van der Waals surface area contributed by atoms with Crippen LogP contribution >= 0.6 is 0 Å². The molecule has 1 atom stereocenters. The third-order valence-corrected chi connectivity index (χ3v) is 2.36. The molecule has 0 spiro atoms. The number of nitrogens with one attached hydrogen (secondary N) is 1. The lowest BCUT2D eigenvalue weighted by molar-refractivity contribution is -0.190. The summed E-state index contributed by atoms with van der Waals surface area (Å²) in [4.78, 5) is 4.30. The van der Waals surface area contributed by atoms with Crippen LogP contribution in [0.2, 0.25) is 0 Å². The van der Waals surface area contributed by atoms with E-state index < -0.39 is 12.8 Å². The van der Waals surface area contributed by atoms with E-state index in [1.165, 1.54) is 0 Å². The fraction of sp³-hybridized carbons (Fsp3) is 0.455. The molecule has 0 bridgehead atoms. The van der Waals surface area contributed by atoms with Gasteiger partial charge in [-0.2, -0.15) is 18.7 Å². The zero-order chi connectivity index (χ0) is 12.3. The average molecular weight is 247 g/mol. The Labute approximate surface area is 96.5 Å². The number of hydrogen-bond donors (Lipinski definition) is 1. The van der Waals surface area contributed by atoms with Crippen LogP contribution in [-0.2, 0) is 11.3 Å². The summed E-state index contributed by atoms with van der Waals surface area (Å²) in [5.41, 5.74) is 3.34. The monoisotopic (exact) mass is 247 g/mol. The van der Waals surface area contributed by atoms with Crippen molar-refractivity contribution in [3.63, 3.8) is 0 Å². The molecular formula is C11H12F3NO2. The first kappa shape index (κ1) is 12.2. The quantitative estimate of drug-likeness (QED) is 0.652. The van der Waals surface area contributed by atoms with Gasteiger partial charge in [0.05, 0.1) is 6.54 Å². The van der Waals surface area contributed by atoms with Crippen LogP contribution in [0, 0.1) is 0 Å². The van der Waals surface area contributed by atoms with E-state index in [2.05, 4.69) is 10.3 Å². The van der Waals surface area contributed by atoms with Gasteiger partial charge in [-0.3, -0.25) is 4.84 Å². The van der Waals surface area contributed by atoms with E-state index in [1.54, 1.807) is 0 Å². The summed E-state index contributed by atoms with van der Waals surface area (Å²) < 4.78 is 40.8. The number of ether oxygens (including phenoxy) is 1. The van der Waals surface area contributed by atoms with E-state index >= 15 is 0 Å². The fourth-order valence-corrected chi connectivity index (χ4v) is 1.65. The van der Waals surface area contributed by atoms with E-state index in [0.717, 1.165) is 11.3 Å². The lowest BCUT2D eigenvalue weighted by atomic mass is 10.1. The number of fused-ring (bicyclic) bond motifs is 1. The number of halogens is 3. The van der Waals surface area contributed by atoms with Crippen molar-refractivity contribution in [2.45, 2.75) is 18.7 Å². The number of hydroxylamine groups is 1. The summed E-state index contributed by atoms with van der Waals surface area (Å²) in [6.45, 7) is -1.07. The molecule has 3 nitrogen and oxygen atoms in total. The molecule has 0 saturated carbocycles. The Hall–Kier alpha value is -1.27. The molecule has 1 aromatic rings. The molecule has 1 aromatic carbocycles. The number of benzene rings is 1. The van der Waals surface area contributed by atoms with E-state index in [9.17, 15) is 13.2 Å². The average Bonchev–Trinajstić information content (AvgIpc) is 2.65. The second-order valence-corrected chi connectivity index (χ2v) is 3.80. The lowest BCUT2D eigenvalue weighted by Crippen LogP contribution is -2.33. The van der Waals surface area contributed by atoms with E-state index in [1.807, 2.05) is 24.3 Å². The van der Waals surface area contributed by atoms with Crippen molar-refractivity contribution < 1.29 is 22.7 Å². The molecule has 1 heterocycles. The van der Waals surface area contributed by atoms with Crippen LogP contribution in [0.3, 0.4) is 0 Å². The number of hydrogen-bond acceptors (Lipinski definition) is 3. The van der Waals surface area contributed by atoms with Gasteiger partial charge in [-0.05, 0) is 11.6 Å². The number of para-hydroxylation sites is 1. The van der Waals surface area contributed by atoms with Crippen molar-refractivity contribution in [2.75, 3.05) is 13.2 Å².